The van der Waals surface area contributed by atoms with E-state index in [1.807, 2.05) is 48.0 Å². The molecule has 6 heteroatoms. The zero-order valence-corrected chi connectivity index (χ0v) is 11.6. The van der Waals surface area contributed by atoms with E-state index in [9.17, 15) is 0 Å². The SMILES string of the molecule is Cc1ccc(-n2cccc2C=Nn2cnnc2)cc1Cl. The van der Waals surface area contributed by atoms with E-state index in [2.05, 4.69) is 15.3 Å². The van der Waals surface area contributed by atoms with Crippen molar-refractivity contribution in [3.05, 3.63) is 65.5 Å². The number of benzene rings is 1. The van der Waals surface area contributed by atoms with Crippen molar-refractivity contribution in [2.24, 2.45) is 5.10 Å². The van der Waals surface area contributed by atoms with Crippen LogP contribution in [0.2, 0.25) is 5.02 Å². The Bertz CT molecular complexity index is 743. The highest BCUT2D eigenvalue weighted by molar-refractivity contribution is 6.31. The van der Waals surface area contributed by atoms with Crippen molar-refractivity contribution in [2.75, 3.05) is 0 Å². The van der Waals surface area contributed by atoms with E-state index < -0.39 is 0 Å². The minimum Gasteiger partial charge on any atom is -0.316 e. The lowest BCUT2D eigenvalue weighted by Crippen LogP contribution is -1.99. The van der Waals surface area contributed by atoms with Gasteiger partial charge >= 0.3 is 0 Å². The Balaban J connectivity index is 1.95. The number of hydrogen-bond donors (Lipinski definition) is 0. The van der Waals surface area contributed by atoms with Gasteiger partial charge in [0.05, 0.1) is 11.9 Å². The Morgan fingerprint density at radius 1 is 1.20 bits per heavy atom. The average Bonchev–Trinajstić information content (AvgIpc) is 3.10. The Hall–Kier alpha value is -2.40. The smallest absolute Gasteiger partial charge is 0.141 e. The molecule has 0 aliphatic heterocycles. The lowest BCUT2D eigenvalue weighted by Gasteiger charge is -2.08. The van der Waals surface area contributed by atoms with E-state index in [-0.39, 0.29) is 0 Å². The second kappa shape index (κ2) is 5.30. The molecule has 3 rings (SSSR count). The predicted molar refractivity (Wildman–Crippen MR) is 78.5 cm³/mol. The number of rotatable bonds is 3. The number of halogens is 1. The fraction of sp³-hybridized carbons (Fsp3) is 0.0714. The van der Waals surface area contributed by atoms with Crippen molar-refractivity contribution in [3.8, 4) is 5.69 Å². The molecule has 0 saturated heterocycles. The maximum Gasteiger partial charge on any atom is 0.141 e. The molecule has 0 aliphatic carbocycles. The Labute approximate surface area is 121 Å². The second-order valence-electron chi connectivity index (χ2n) is 4.32. The molecule has 0 aliphatic rings. The minimum absolute atomic E-state index is 0.748. The molecule has 0 fully saturated rings. The zero-order chi connectivity index (χ0) is 13.9. The van der Waals surface area contributed by atoms with Crippen LogP contribution in [0.25, 0.3) is 5.69 Å². The van der Waals surface area contributed by atoms with Gasteiger partial charge in [0.25, 0.3) is 0 Å². The molecule has 2 aromatic heterocycles. The van der Waals surface area contributed by atoms with Crippen molar-refractivity contribution >= 4 is 17.8 Å². The molecular formula is C14H12ClN5. The minimum atomic E-state index is 0.748. The second-order valence-corrected chi connectivity index (χ2v) is 4.73. The maximum atomic E-state index is 6.17. The summed E-state index contributed by atoms with van der Waals surface area (Å²) in [4.78, 5) is 0. The average molecular weight is 286 g/mol. The molecule has 5 nitrogen and oxygen atoms in total. The summed E-state index contributed by atoms with van der Waals surface area (Å²) in [7, 11) is 0. The van der Waals surface area contributed by atoms with Gasteiger partial charge in [-0.2, -0.15) is 5.10 Å². The highest BCUT2D eigenvalue weighted by Crippen LogP contribution is 2.20. The molecule has 1 aromatic carbocycles. The van der Waals surface area contributed by atoms with Gasteiger partial charge in [-0.3, -0.25) is 0 Å². The van der Waals surface area contributed by atoms with Crippen molar-refractivity contribution < 1.29 is 0 Å². The van der Waals surface area contributed by atoms with E-state index in [1.165, 1.54) is 12.7 Å². The van der Waals surface area contributed by atoms with Gasteiger partial charge in [-0.05, 0) is 36.8 Å². The number of aromatic nitrogens is 4. The first-order valence-electron chi connectivity index (χ1n) is 6.07. The largest absolute Gasteiger partial charge is 0.316 e. The van der Waals surface area contributed by atoms with Gasteiger partial charge in [-0.25, -0.2) is 4.68 Å². The number of hydrogen-bond acceptors (Lipinski definition) is 3. The van der Waals surface area contributed by atoms with Gasteiger partial charge in [0.1, 0.15) is 12.7 Å². The Morgan fingerprint density at radius 2 is 2.00 bits per heavy atom. The van der Waals surface area contributed by atoms with Crippen LogP contribution in [-0.4, -0.2) is 25.7 Å². The van der Waals surface area contributed by atoms with Gasteiger partial charge in [0.2, 0.25) is 0 Å². The topological polar surface area (TPSA) is 48.0 Å². The first-order chi connectivity index (χ1) is 9.74. The van der Waals surface area contributed by atoms with Crippen LogP contribution in [0, 0.1) is 6.92 Å². The molecule has 0 N–H and O–H groups in total. The van der Waals surface area contributed by atoms with E-state index in [0.717, 1.165) is 22.0 Å². The summed E-state index contributed by atoms with van der Waals surface area (Å²) in [5.41, 5.74) is 3.00. The van der Waals surface area contributed by atoms with Crippen LogP contribution >= 0.6 is 11.6 Å². The lowest BCUT2D eigenvalue weighted by molar-refractivity contribution is 0.875. The van der Waals surface area contributed by atoms with Crippen molar-refractivity contribution in [2.45, 2.75) is 6.92 Å². The summed E-state index contributed by atoms with van der Waals surface area (Å²) < 4.78 is 3.55. The predicted octanol–water partition coefficient (Wildman–Crippen LogP) is 2.91. The molecule has 0 bridgehead atoms. The fourth-order valence-corrected chi connectivity index (χ4v) is 2.02. The molecule has 0 unspecified atom stereocenters. The summed E-state index contributed by atoms with van der Waals surface area (Å²) in [6.07, 6.45) is 6.78. The zero-order valence-electron chi connectivity index (χ0n) is 10.8. The summed E-state index contributed by atoms with van der Waals surface area (Å²) in [5.74, 6) is 0. The fourth-order valence-electron chi connectivity index (χ4n) is 1.85. The number of nitrogens with zero attached hydrogens (tertiary/aromatic N) is 5. The molecule has 0 spiro atoms. The molecule has 0 atom stereocenters. The first-order valence-corrected chi connectivity index (χ1v) is 6.45. The van der Waals surface area contributed by atoms with Crippen molar-refractivity contribution in [3.63, 3.8) is 0 Å². The summed E-state index contributed by atoms with van der Waals surface area (Å²) >= 11 is 6.17. The molecule has 20 heavy (non-hydrogen) atoms. The van der Waals surface area contributed by atoms with Gasteiger partial charge in [-0.15, -0.1) is 10.2 Å². The van der Waals surface area contributed by atoms with Gasteiger partial charge in [0.15, 0.2) is 0 Å². The maximum absolute atomic E-state index is 6.17. The van der Waals surface area contributed by atoms with E-state index in [4.69, 9.17) is 11.6 Å². The van der Waals surface area contributed by atoms with Gasteiger partial charge in [0, 0.05) is 16.9 Å². The van der Waals surface area contributed by atoms with Crippen LogP contribution in [0.5, 0.6) is 0 Å². The quantitative estimate of drug-likeness (QED) is 0.695. The van der Waals surface area contributed by atoms with Crippen molar-refractivity contribution in [1.82, 2.24) is 19.4 Å². The van der Waals surface area contributed by atoms with Crippen LogP contribution in [-0.2, 0) is 0 Å². The van der Waals surface area contributed by atoms with Gasteiger partial charge < -0.3 is 4.57 Å². The van der Waals surface area contributed by atoms with Crippen LogP contribution in [0.4, 0.5) is 0 Å². The van der Waals surface area contributed by atoms with Crippen molar-refractivity contribution in [1.29, 1.82) is 0 Å². The highest BCUT2D eigenvalue weighted by Gasteiger charge is 2.03. The monoisotopic (exact) mass is 285 g/mol. The highest BCUT2D eigenvalue weighted by atomic mass is 35.5. The molecule has 2 heterocycles. The van der Waals surface area contributed by atoms with E-state index in [0.29, 0.717) is 0 Å². The lowest BCUT2D eigenvalue weighted by atomic mass is 10.2. The molecular weight excluding hydrogens is 274 g/mol. The summed E-state index contributed by atoms with van der Waals surface area (Å²) in [6.45, 7) is 1.98. The molecule has 100 valence electrons. The molecule has 0 saturated carbocycles. The van der Waals surface area contributed by atoms with E-state index >= 15 is 0 Å². The first kappa shape index (κ1) is 12.6. The van der Waals surface area contributed by atoms with Crippen LogP contribution in [0.15, 0.2) is 54.3 Å². The Morgan fingerprint density at radius 3 is 2.75 bits per heavy atom. The van der Waals surface area contributed by atoms with Crippen LogP contribution < -0.4 is 0 Å². The third-order valence-electron chi connectivity index (χ3n) is 2.94. The third-order valence-corrected chi connectivity index (χ3v) is 3.35. The van der Waals surface area contributed by atoms with Gasteiger partial charge in [-0.1, -0.05) is 17.7 Å². The normalized spacial score (nSPS) is 11.3. The molecule has 0 radical (unpaired) electrons. The van der Waals surface area contributed by atoms with Crippen LogP contribution in [0.3, 0.4) is 0 Å². The third kappa shape index (κ3) is 2.48. The molecule has 3 aromatic rings. The Kier molecular flexibility index (Phi) is 3.35. The van der Waals surface area contributed by atoms with Crippen LogP contribution in [0.1, 0.15) is 11.3 Å². The van der Waals surface area contributed by atoms with E-state index in [1.54, 1.807) is 10.9 Å². The summed E-state index contributed by atoms with van der Waals surface area (Å²) in [5, 5.41) is 12.4. The number of aryl methyl sites for hydroxylation is 1. The molecule has 0 amide bonds. The summed E-state index contributed by atoms with van der Waals surface area (Å²) in [6, 6.07) is 9.89. The standard InChI is InChI=1S/C14H12ClN5/c1-11-4-5-12(7-14(11)15)20-6-2-3-13(20)8-18-19-9-16-17-10-19/h2-10H,1H3.